The highest BCUT2D eigenvalue weighted by atomic mass is 35.5. The first kappa shape index (κ1) is 54.5. The van der Waals surface area contributed by atoms with Crippen molar-refractivity contribution in [2.45, 2.75) is 13.3 Å². The van der Waals surface area contributed by atoms with Gasteiger partial charge in [0, 0.05) is 32.1 Å². The van der Waals surface area contributed by atoms with E-state index in [0.717, 1.165) is 24.5 Å². The van der Waals surface area contributed by atoms with Gasteiger partial charge in [-0.2, -0.15) is 8.42 Å². The van der Waals surface area contributed by atoms with Crippen molar-refractivity contribution in [3.05, 3.63) is 119 Å². The molecular weight excluding hydrogens is 933 g/mol. The molecule has 3 rings (SSSR count). The Labute approximate surface area is 368 Å². The minimum Gasteiger partial charge on any atom is -0.395 e. The largest absolute Gasteiger partial charge is 0.395 e. The molecule has 0 spiro atoms. The van der Waals surface area contributed by atoms with Crippen LogP contribution in [0.4, 0.5) is 45.5 Å². The molecule has 33 heteroatoms. The van der Waals surface area contributed by atoms with Gasteiger partial charge in [-0.05, 0) is 24.6 Å². The summed E-state index contributed by atoms with van der Waals surface area (Å²) < 4.78 is 26.7. The molecule has 0 aliphatic carbocycles. The number of halogens is 2. The molecule has 0 heterocycles. The molecule has 348 valence electrons. The Morgan fingerprint density at radius 3 is 1.25 bits per heavy atom. The number of primary amides is 3. The summed E-state index contributed by atoms with van der Waals surface area (Å²) in [6.45, 7) is 1.50. The van der Waals surface area contributed by atoms with Crippen LogP contribution in [0.1, 0.15) is 44.4 Å². The third-order valence-corrected chi connectivity index (χ3v) is 8.85. The Hall–Kier alpha value is -7.48. The van der Waals surface area contributed by atoms with Crippen molar-refractivity contribution >= 4 is 96.5 Å². The number of nitrogens with two attached hydrogens (primary N) is 3. The van der Waals surface area contributed by atoms with Crippen molar-refractivity contribution in [2.75, 3.05) is 61.3 Å². The lowest BCUT2D eigenvalue weighted by Crippen LogP contribution is -2.30. The number of alkyl halides is 1. The average Bonchev–Trinajstić information content (AvgIpc) is 3.18. The molecule has 0 aromatic heterocycles. The molecular formula is C31H35Cl2N11O19S. The van der Waals surface area contributed by atoms with E-state index in [1.165, 1.54) is 9.80 Å². The number of hydrogen-bond donors (Lipinski definition) is 4. The van der Waals surface area contributed by atoms with Gasteiger partial charge >= 0.3 is 0 Å². The van der Waals surface area contributed by atoms with Crippen LogP contribution in [-0.4, -0.2) is 112 Å². The van der Waals surface area contributed by atoms with Crippen LogP contribution >= 0.6 is 23.2 Å². The molecule has 0 saturated carbocycles. The first-order valence-corrected chi connectivity index (χ1v) is 19.8. The van der Waals surface area contributed by atoms with Crippen LogP contribution in [0.25, 0.3) is 0 Å². The highest BCUT2D eigenvalue weighted by Gasteiger charge is 2.31. The van der Waals surface area contributed by atoms with Crippen molar-refractivity contribution in [2.24, 2.45) is 17.2 Å². The van der Waals surface area contributed by atoms with Gasteiger partial charge in [-0.1, -0.05) is 18.5 Å². The lowest BCUT2D eigenvalue weighted by Gasteiger charge is -2.24. The lowest BCUT2D eigenvalue weighted by molar-refractivity contribution is -0.394. The van der Waals surface area contributed by atoms with Crippen LogP contribution in [0.3, 0.4) is 0 Å². The van der Waals surface area contributed by atoms with E-state index >= 15 is 0 Å². The van der Waals surface area contributed by atoms with Gasteiger partial charge in [-0.15, -0.1) is 11.6 Å². The molecule has 0 radical (unpaired) electrons. The minimum absolute atomic E-state index is 0.00354. The quantitative estimate of drug-likeness (QED) is 0.0516. The Morgan fingerprint density at radius 1 is 0.609 bits per heavy atom. The summed E-state index contributed by atoms with van der Waals surface area (Å²) in [6.07, 6.45) is 1.38. The van der Waals surface area contributed by atoms with Crippen LogP contribution in [0, 0.1) is 60.7 Å². The second-order valence-electron chi connectivity index (χ2n) is 12.1. The molecule has 0 aliphatic heterocycles. The molecule has 0 aliphatic rings. The summed E-state index contributed by atoms with van der Waals surface area (Å²) in [4.78, 5) is 96.6. The Kier molecular flexibility index (Phi) is 20.7. The molecule has 0 bridgehead atoms. The van der Waals surface area contributed by atoms with Gasteiger partial charge in [0.1, 0.15) is 33.1 Å². The fourth-order valence-electron chi connectivity index (χ4n) is 5.16. The number of rotatable bonds is 21. The van der Waals surface area contributed by atoms with E-state index in [2.05, 4.69) is 4.18 Å². The molecule has 3 amide bonds. The first-order valence-electron chi connectivity index (χ1n) is 17.1. The number of carbonyl (C=O) groups is 3. The zero-order valence-electron chi connectivity index (χ0n) is 32.9. The second kappa shape index (κ2) is 24.2. The topological polar surface area (TPSA) is 458 Å². The number of amides is 3. The predicted octanol–water partition coefficient (Wildman–Crippen LogP) is 2.69. The third kappa shape index (κ3) is 15.5. The monoisotopic (exact) mass is 967 g/mol. The van der Waals surface area contributed by atoms with Crippen molar-refractivity contribution in [1.82, 2.24) is 0 Å². The summed E-state index contributed by atoms with van der Waals surface area (Å²) in [5.41, 5.74) is 9.42. The van der Waals surface area contributed by atoms with E-state index in [0.29, 0.717) is 24.6 Å². The Balaban J connectivity index is 0.000000493. The standard InChI is InChI=1S/C13H18N4O8S.C11H13ClN4O6.C7H4ClN3O5/c1-3-4-15(5-6-25-26(2,23)24)11-7-9(13(14)18)10(16(19)20)8-12(11)17(21)22;12-1-2-14(3-4-17)9-5-7(11(13)18)8(15(19)20)6-10(9)16(21)22;8-4-1-3(7(9)12)5(10(13)14)2-6(4)11(15)16/h7-8H,3-6H2,1-2H3,(H2,14,18);5-6,17H,1-4H2,(H2,13,18);1-2H,(H2,9,12). The van der Waals surface area contributed by atoms with Gasteiger partial charge in [0.2, 0.25) is 0 Å². The maximum Gasteiger partial charge on any atom is 0.299 e. The summed E-state index contributed by atoms with van der Waals surface area (Å²) in [5.74, 6) is -3.18. The zero-order valence-corrected chi connectivity index (χ0v) is 35.2. The molecule has 0 fully saturated rings. The van der Waals surface area contributed by atoms with Crippen molar-refractivity contribution in [1.29, 1.82) is 0 Å². The maximum atomic E-state index is 11.5. The molecule has 0 saturated heterocycles. The van der Waals surface area contributed by atoms with E-state index in [1.807, 2.05) is 0 Å². The smallest absolute Gasteiger partial charge is 0.299 e. The molecule has 64 heavy (non-hydrogen) atoms. The third-order valence-electron chi connectivity index (χ3n) is 7.79. The maximum absolute atomic E-state index is 11.5. The summed E-state index contributed by atoms with van der Waals surface area (Å²) >= 11 is 11.1. The fourth-order valence-corrected chi connectivity index (χ4v) is 5.98. The van der Waals surface area contributed by atoms with E-state index in [9.17, 15) is 83.5 Å². The summed E-state index contributed by atoms with van der Waals surface area (Å²) in [7, 11) is -3.71. The zero-order chi connectivity index (χ0) is 49.4. The molecule has 3 aromatic carbocycles. The molecule has 7 N–H and O–H groups in total. The Bertz CT molecular complexity index is 2450. The van der Waals surface area contributed by atoms with E-state index in [4.69, 9.17) is 45.5 Å². The van der Waals surface area contributed by atoms with Gasteiger partial charge in [0.15, 0.2) is 0 Å². The first-order chi connectivity index (χ1) is 29.6. The second-order valence-corrected chi connectivity index (χ2v) is 14.5. The molecule has 30 nitrogen and oxygen atoms in total. The number of anilines is 2. The number of hydrogen-bond acceptors (Lipinski definition) is 21. The minimum atomic E-state index is -3.71. The SMILES string of the molecule is CCCN(CCOS(C)(=O)=O)c1cc(C(N)=O)c([N+](=O)[O-])cc1[N+](=O)[O-].NC(=O)c1cc(Cl)c([N+](=O)[O-])cc1[N+](=O)[O-].NC(=O)c1cc(N(CCO)CCCl)c([N+](=O)[O-])cc1[N+](=O)[O-]. The van der Waals surface area contributed by atoms with Crippen LogP contribution in [0.5, 0.6) is 0 Å². The van der Waals surface area contributed by atoms with Crippen molar-refractivity contribution in [3.8, 4) is 0 Å². The van der Waals surface area contributed by atoms with E-state index < -0.39 is 108 Å². The summed E-state index contributed by atoms with van der Waals surface area (Å²) in [6, 6.07) is 4.68. The highest BCUT2D eigenvalue weighted by Crippen LogP contribution is 2.37. The summed E-state index contributed by atoms with van der Waals surface area (Å²) in [5, 5.41) is 74.1. The number of nitro groups is 6. The molecule has 0 unspecified atom stereocenters. The number of nitrogens with zero attached hydrogens (tertiary/aromatic N) is 8. The number of nitro benzene ring substituents is 6. The van der Waals surface area contributed by atoms with Crippen molar-refractivity contribution in [3.63, 3.8) is 0 Å². The lowest BCUT2D eigenvalue weighted by atomic mass is 10.1. The van der Waals surface area contributed by atoms with Crippen LogP contribution in [0.2, 0.25) is 5.02 Å². The van der Waals surface area contributed by atoms with E-state index in [1.54, 1.807) is 6.92 Å². The molecule has 3 aromatic rings. The van der Waals surface area contributed by atoms with Crippen molar-refractivity contribution < 1.29 is 61.6 Å². The van der Waals surface area contributed by atoms with E-state index in [-0.39, 0.29) is 61.7 Å². The van der Waals surface area contributed by atoms with Gasteiger partial charge in [0.25, 0.3) is 62.0 Å². The Morgan fingerprint density at radius 2 is 0.953 bits per heavy atom. The van der Waals surface area contributed by atoms with Gasteiger partial charge in [0.05, 0.1) is 67.2 Å². The van der Waals surface area contributed by atoms with Crippen LogP contribution < -0.4 is 27.0 Å². The molecule has 0 atom stereocenters. The number of benzene rings is 3. The van der Waals surface area contributed by atoms with Gasteiger partial charge in [-0.3, -0.25) is 79.3 Å². The average molecular weight is 969 g/mol. The number of aliphatic hydroxyl groups excluding tert-OH is 1. The van der Waals surface area contributed by atoms with Crippen LogP contribution in [-0.2, 0) is 14.3 Å². The highest BCUT2D eigenvalue weighted by molar-refractivity contribution is 7.85. The van der Waals surface area contributed by atoms with Crippen LogP contribution in [0.15, 0.2) is 36.4 Å². The van der Waals surface area contributed by atoms with Gasteiger partial charge < -0.3 is 32.1 Å². The van der Waals surface area contributed by atoms with Gasteiger partial charge in [-0.25, -0.2) is 0 Å². The number of carbonyl (C=O) groups excluding carboxylic acids is 3. The number of aliphatic hydroxyl groups is 1. The normalized spacial score (nSPS) is 10.5. The predicted molar refractivity (Wildman–Crippen MR) is 223 cm³/mol. The fraction of sp³-hybridized carbons (Fsp3) is 0.323.